The quantitative estimate of drug-likeness (QED) is 0.588. The van der Waals surface area contributed by atoms with Crippen molar-refractivity contribution < 1.29 is 4.39 Å². The highest BCUT2D eigenvalue weighted by Gasteiger charge is 2.12. The van der Waals surface area contributed by atoms with Crippen LogP contribution < -0.4 is 11.0 Å². The number of benzene rings is 2. The Kier molecular flexibility index (Phi) is 3.70. The van der Waals surface area contributed by atoms with Crippen LogP contribution in [-0.2, 0) is 0 Å². The van der Waals surface area contributed by atoms with E-state index in [1.54, 1.807) is 12.1 Å². The van der Waals surface area contributed by atoms with E-state index in [2.05, 4.69) is 20.5 Å². The molecular weight excluding hydrogens is 345 g/mol. The van der Waals surface area contributed by atoms with Crippen LogP contribution in [0.2, 0.25) is 5.02 Å². The van der Waals surface area contributed by atoms with Gasteiger partial charge in [0.25, 0.3) is 0 Å². The number of hydrogen-bond donors (Lipinski definition) is 2. The van der Waals surface area contributed by atoms with Gasteiger partial charge in [0.1, 0.15) is 5.82 Å². The zero-order valence-corrected chi connectivity index (χ0v) is 13.5. The molecule has 25 heavy (non-hydrogen) atoms. The molecule has 0 atom stereocenters. The third-order valence-corrected chi connectivity index (χ3v) is 3.95. The number of nitrogens with zero attached hydrogens (tertiary/aromatic N) is 3. The number of fused-ring (bicyclic) bond motifs is 1. The number of rotatable bonds is 3. The highest BCUT2D eigenvalue weighted by molar-refractivity contribution is 6.30. The number of H-pyrrole nitrogens is 1. The van der Waals surface area contributed by atoms with Crippen LogP contribution in [0, 0.1) is 5.82 Å². The smallest absolute Gasteiger partial charge is 0.325 e. The standard InChI is InChI=1S/C17H11ClFN5O/c18-12-7-6-11(8-13(12)19)20-16-21-14(10-4-2-1-3-5-10)9-15-22-23-17(25)24(15)16/h1-9H,(H,20,21)(H,23,25). The van der Waals surface area contributed by atoms with E-state index in [0.717, 1.165) is 5.56 Å². The summed E-state index contributed by atoms with van der Waals surface area (Å²) in [5, 5.41) is 9.33. The fourth-order valence-electron chi connectivity index (χ4n) is 2.47. The lowest BCUT2D eigenvalue weighted by Gasteiger charge is -2.10. The third kappa shape index (κ3) is 2.85. The van der Waals surface area contributed by atoms with Gasteiger partial charge in [0, 0.05) is 17.3 Å². The highest BCUT2D eigenvalue weighted by Crippen LogP contribution is 2.24. The molecule has 0 bridgehead atoms. The second-order valence-electron chi connectivity index (χ2n) is 5.31. The first kappa shape index (κ1) is 15.3. The average Bonchev–Trinajstić information content (AvgIpc) is 3.00. The van der Waals surface area contributed by atoms with Crippen molar-refractivity contribution in [3.63, 3.8) is 0 Å². The van der Waals surface area contributed by atoms with Gasteiger partial charge in [-0.1, -0.05) is 41.9 Å². The van der Waals surface area contributed by atoms with Crippen molar-refractivity contribution in [2.24, 2.45) is 0 Å². The summed E-state index contributed by atoms with van der Waals surface area (Å²) in [4.78, 5) is 16.5. The molecule has 4 rings (SSSR count). The molecule has 0 spiro atoms. The van der Waals surface area contributed by atoms with Crippen LogP contribution in [0.15, 0.2) is 59.4 Å². The zero-order chi connectivity index (χ0) is 17.4. The van der Waals surface area contributed by atoms with Gasteiger partial charge in [-0.3, -0.25) is 0 Å². The van der Waals surface area contributed by atoms with Gasteiger partial charge in [0.05, 0.1) is 10.7 Å². The van der Waals surface area contributed by atoms with E-state index in [9.17, 15) is 9.18 Å². The first-order chi connectivity index (χ1) is 12.1. The maximum Gasteiger partial charge on any atom is 0.350 e. The zero-order valence-electron chi connectivity index (χ0n) is 12.7. The SMILES string of the molecule is O=c1[nH]nc2cc(-c3ccccc3)nc(Nc3ccc(Cl)c(F)c3)n12. The van der Waals surface area contributed by atoms with Gasteiger partial charge in [-0.2, -0.15) is 5.10 Å². The molecule has 0 amide bonds. The topological polar surface area (TPSA) is 75.1 Å². The molecule has 2 heterocycles. The van der Waals surface area contributed by atoms with E-state index in [4.69, 9.17) is 11.6 Å². The van der Waals surface area contributed by atoms with Crippen LogP contribution >= 0.6 is 11.6 Å². The lowest BCUT2D eigenvalue weighted by molar-refractivity contribution is 0.629. The maximum absolute atomic E-state index is 13.7. The Labute approximate surface area is 145 Å². The minimum Gasteiger partial charge on any atom is -0.325 e. The van der Waals surface area contributed by atoms with Crippen LogP contribution in [0.3, 0.4) is 0 Å². The van der Waals surface area contributed by atoms with Gasteiger partial charge in [-0.25, -0.2) is 23.7 Å². The first-order valence-electron chi connectivity index (χ1n) is 7.37. The minimum absolute atomic E-state index is 0.0159. The molecule has 2 N–H and O–H groups in total. The summed E-state index contributed by atoms with van der Waals surface area (Å²) in [7, 11) is 0. The number of aromatic amines is 1. The molecule has 0 aliphatic heterocycles. The van der Waals surface area contributed by atoms with Crippen molar-refractivity contribution in [1.82, 2.24) is 19.6 Å². The summed E-state index contributed by atoms with van der Waals surface area (Å²) >= 11 is 5.70. The predicted molar refractivity (Wildman–Crippen MR) is 93.7 cm³/mol. The van der Waals surface area contributed by atoms with Crippen molar-refractivity contribution in [2.45, 2.75) is 0 Å². The Bertz CT molecular complexity index is 1120. The molecule has 4 aromatic rings. The first-order valence-corrected chi connectivity index (χ1v) is 7.75. The largest absolute Gasteiger partial charge is 0.350 e. The van der Waals surface area contributed by atoms with Crippen molar-refractivity contribution >= 4 is 28.9 Å². The van der Waals surface area contributed by atoms with Crippen LogP contribution in [-0.4, -0.2) is 19.6 Å². The summed E-state index contributed by atoms with van der Waals surface area (Å²) in [6, 6.07) is 15.4. The van der Waals surface area contributed by atoms with Crippen LogP contribution in [0.4, 0.5) is 16.0 Å². The van der Waals surface area contributed by atoms with Crippen molar-refractivity contribution in [3.05, 3.63) is 75.9 Å². The highest BCUT2D eigenvalue weighted by atomic mass is 35.5. The Morgan fingerprint density at radius 2 is 1.92 bits per heavy atom. The Hall–Kier alpha value is -3.19. The summed E-state index contributed by atoms with van der Waals surface area (Å²) in [5.74, 6) is -0.349. The molecule has 8 heteroatoms. The fourth-order valence-corrected chi connectivity index (χ4v) is 2.59. The van der Waals surface area contributed by atoms with Crippen LogP contribution in [0.1, 0.15) is 0 Å². The molecule has 0 aliphatic rings. The molecule has 0 unspecified atom stereocenters. The molecule has 0 fully saturated rings. The average molecular weight is 356 g/mol. The normalized spacial score (nSPS) is 11.0. The molecule has 0 aliphatic carbocycles. The minimum atomic E-state index is -0.568. The molecule has 0 saturated heterocycles. The molecule has 6 nitrogen and oxygen atoms in total. The molecule has 0 saturated carbocycles. The number of nitrogens with one attached hydrogen (secondary N) is 2. The van der Waals surface area contributed by atoms with Gasteiger partial charge < -0.3 is 5.32 Å². The summed E-state index contributed by atoms with van der Waals surface area (Å²) in [6.45, 7) is 0. The van der Waals surface area contributed by atoms with Gasteiger partial charge in [0.15, 0.2) is 5.65 Å². The lowest BCUT2D eigenvalue weighted by Crippen LogP contribution is -2.14. The second-order valence-corrected chi connectivity index (χ2v) is 5.71. The van der Waals surface area contributed by atoms with E-state index in [-0.39, 0.29) is 11.0 Å². The lowest BCUT2D eigenvalue weighted by atomic mass is 10.1. The summed E-state index contributed by atoms with van der Waals surface area (Å²) < 4.78 is 15.0. The molecule has 0 radical (unpaired) electrons. The van der Waals surface area contributed by atoms with E-state index >= 15 is 0 Å². The second kappa shape index (κ2) is 6.03. The van der Waals surface area contributed by atoms with Gasteiger partial charge >= 0.3 is 5.69 Å². The number of aromatic nitrogens is 4. The third-order valence-electron chi connectivity index (χ3n) is 3.65. The molecule has 124 valence electrons. The van der Waals surface area contributed by atoms with E-state index in [1.165, 1.54) is 16.5 Å². The molecular formula is C17H11ClFN5O. The fraction of sp³-hybridized carbons (Fsp3) is 0. The van der Waals surface area contributed by atoms with Crippen molar-refractivity contribution in [3.8, 4) is 11.3 Å². The monoisotopic (exact) mass is 355 g/mol. The van der Waals surface area contributed by atoms with E-state index in [1.807, 2.05) is 30.3 Å². The number of halogens is 2. The summed E-state index contributed by atoms with van der Waals surface area (Å²) in [6.07, 6.45) is 0. The number of hydrogen-bond acceptors (Lipinski definition) is 4. The van der Waals surface area contributed by atoms with E-state index < -0.39 is 11.5 Å². The van der Waals surface area contributed by atoms with Gasteiger partial charge in [0.2, 0.25) is 5.95 Å². The van der Waals surface area contributed by atoms with Crippen molar-refractivity contribution in [2.75, 3.05) is 5.32 Å². The number of anilines is 2. The predicted octanol–water partition coefficient (Wildman–Crippen LogP) is 3.62. The maximum atomic E-state index is 13.7. The molecule has 2 aromatic heterocycles. The molecule has 2 aromatic carbocycles. The Morgan fingerprint density at radius 3 is 2.68 bits per heavy atom. The Balaban J connectivity index is 1.87. The van der Waals surface area contributed by atoms with Crippen LogP contribution in [0.25, 0.3) is 16.9 Å². The summed E-state index contributed by atoms with van der Waals surface area (Å²) in [5.41, 5.74) is 1.86. The van der Waals surface area contributed by atoms with Gasteiger partial charge in [-0.05, 0) is 18.2 Å². The van der Waals surface area contributed by atoms with E-state index in [0.29, 0.717) is 17.0 Å². The van der Waals surface area contributed by atoms with Crippen molar-refractivity contribution in [1.29, 1.82) is 0 Å². The van der Waals surface area contributed by atoms with Crippen LogP contribution in [0.5, 0.6) is 0 Å². The Morgan fingerprint density at radius 1 is 1.12 bits per heavy atom. The van der Waals surface area contributed by atoms with Gasteiger partial charge in [-0.15, -0.1) is 0 Å².